The molecule has 110 valence electrons. The lowest BCUT2D eigenvalue weighted by Gasteiger charge is -2.06. The SMILES string of the molecule is FC(F)(F)c1ccc(-c2cn3c(n2)sc2cnccc23)cc1. The van der Waals surface area contributed by atoms with E-state index < -0.39 is 11.7 Å². The van der Waals surface area contributed by atoms with E-state index in [4.69, 9.17) is 0 Å². The minimum Gasteiger partial charge on any atom is -0.290 e. The summed E-state index contributed by atoms with van der Waals surface area (Å²) in [6, 6.07) is 6.92. The molecule has 1 aromatic carbocycles. The molecule has 0 radical (unpaired) electrons. The highest BCUT2D eigenvalue weighted by atomic mass is 32.1. The van der Waals surface area contributed by atoms with Crippen LogP contribution in [0.15, 0.2) is 48.9 Å². The van der Waals surface area contributed by atoms with Crippen LogP contribution in [0.5, 0.6) is 0 Å². The first-order valence-electron chi connectivity index (χ1n) is 6.41. The molecule has 0 fully saturated rings. The van der Waals surface area contributed by atoms with Crippen LogP contribution >= 0.6 is 11.3 Å². The van der Waals surface area contributed by atoms with Crippen molar-refractivity contribution >= 4 is 26.5 Å². The molecular weight excluding hydrogens is 311 g/mol. The van der Waals surface area contributed by atoms with Gasteiger partial charge in [0.15, 0.2) is 4.96 Å². The topological polar surface area (TPSA) is 30.2 Å². The van der Waals surface area contributed by atoms with Gasteiger partial charge in [-0.2, -0.15) is 13.2 Å². The van der Waals surface area contributed by atoms with Gasteiger partial charge in [0, 0.05) is 24.2 Å². The van der Waals surface area contributed by atoms with E-state index in [-0.39, 0.29) is 0 Å². The third-order valence-corrected chi connectivity index (χ3v) is 4.41. The molecule has 0 amide bonds. The molecule has 0 aliphatic heterocycles. The summed E-state index contributed by atoms with van der Waals surface area (Å²) in [5.74, 6) is 0. The summed E-state index contributed by atoms with van der Waals surface area (Å²) >= 11 is 1.49. The van der Waals surface area contributed by atoms with E-state index >= 15 is 0 Å². The van der Waals surface area contributed by atoms with Crippen molar-refractivity contribution in [1.29, 1.82) is 0 Å². The van der Waals surface area contributed by atoms with Gasteiger partial charge in [0.05, 0.1) is 21.5 Å². The number of aromatic nitrogens is 3. The highest BCUT2D eigenvalue weighted by Gasteiger charge is 2.30. The quantitative estimate of drug-likeness (QED) is 0.512. The van der Waals surface area contributed by atoms with E-state index in [2.05, 4.69) is 9.97 Å². The zero-order chi connectivity index (χ0) is 15.3. The third-order valence-electron chi connectivity index (χ3n) is 3.41. The average molecular weight is 319 g/mol. The molecule has 4 aromatic rings. The molecule has 0 N–H and O–H groups in total. The third kappa shape index (κ3) is 2.05. The minimum atomic E-state index is -4.32. The maximum Gasteiger partial charge on any atom is 0.416 e. The van der Waals surface area contributed by atoms with Crippen LogP contribution in [0.1, 0.15) is 5.56 Å². The van der Waals surface area contributed by atoms with Crippen molar-refractivity contribution in [3.8, 4) is 11.3 Å². The van der Waals surface area contributed by atoms with Crippen LogP contribution in [0, 0.1) is 0 Å². The molecule has 0 bridgehead atoms. The molecule has 3 nitrogen and oxygen atoms in total. The molecule has 3 heterocycles. The standard InChI is InChI=1S/C15H8F3N3S/c16-15(17,18)10-3-1-9(2-4-10)11-8-21-12-5-6-19-7-13(12)22-14(21)20-11/h1-8H. The number of halogens is 3. The Morgan fingerprint density at radius 1 is 1.05 bits per heavy atom. The van der Waals surface area contributed by atoms with Crippen LogP contribution in [0.2, 0.25) is 0 Å². The predicted molar refractivity (Wildman–Crippen MR) is 78.8 cm³/mol. The number of nitrogens with zero attached hydrogens (tertiary/aromatic N) is 3. The molecule has 4 rings (SSSR count). The van der Waals surface area contributed by atoms with Crippen molar-refractivity contribution in [1.82, 2.24) is 14.4 Å². The summed E-state index contributed by atoms with van der Waals surface area (Å²) in [6.45, 7) is 0. The Hall–Kier alpha value is -2.41. The lowest BCUT2D eigenvalue weighted by Crippen LogP contribution is -2.03. The average Bonchev–Trinajstić information content (AvgIpc) is 3.04. The number of imidazole rings is 1. The van der Waals surface area contributed by atoms with Gasteiger partial charge in [-0.25, -0.2) is 4.98 Å². The Labute approximate surface area is 126 Å². The van der Waals surface area contributed by atoms with Crippen molar-refractivity contribution in [3.05, 3.63) is 54.5 Å². The van der Waals surface area contributed by atoms with Crippen molar-refractivity contribution in [2.45, 2.75) is 6.18 Å². The Kier molecular flexibility index (Phi) is 2.74. The molecule has 0 aliphatic rings. The summed E-state index contributed by atoms with van der Waals surface area (Å²) < 4.78 is 40.7. The normalized spacial score (nSPS) is 12.3. The van der Waals surface area contributed by atoms with Gasteiger partial charge < -0.3 is 0 Å². The van der Waals surface area contributed by atoms with E-state index in [9.17, 15) is 13.2 Å². The molecule has 7 heteroatoms. The Morgan fingerprint density at radius 3 is 2.55 bits per heavy atom. The van der Waals surface area contributed by atoms with E-state index in [0.717, 1.165) is 27.3 Å². The van der Waals surface area contributed by atoms with E-state index in [1.165, 1.54) is 23.5 Å². The molecule has 3 aromatic heterocycles. The van der Waals surface area contributed by atoms with E-state index in [1.54, 1.807) is 12.4 Å². The highest BCUT2D eigenvalue weighted by molar-refractivity contribution is 7.23. The number of hydrogen-bond acceptors (Lipinski definition) is 3. The molecule has 0 saturated carbocycles. The number of thiazole rings is 1. The maximum atomic E-state index is 12.6. The molecule has 22 heavy (non-hydrogen) atoms. The Morgan fingerprint density at radius 2 is 1.82 bits per heavy atom. The molecule has 0 saturated heterocycles. The summed E-state index contributed by atoms with van der Waals surface area (Å²) in [5, 5.41) is 0. The van der Waals surface area contributed by atoms with Crippen molar-refractivity contribution in [2.75, 3.05) is 0 Å². The highest BCUT2D eigenvalue weighted by Crippen LogP contribution is 2.32. The van der Waals surface area contributed by atoms with Crippen LogP contribution < -0.4 is 0 Å². The predicted octanol–water partition coefficient (Wildman–Crippen LogP) is 4.63. The maximum absolute atomic E-state index is 12.6. The van der Waals surface area contributed by atoms with Crippen molar-refractivity contribution < 1.29 is 13.2 Å². The second kappa shape index (κ2) is 4.54. The fourth-order valence-electron chi connectivity index (χ4n) is 2.33. The summed E-state index contributed by atoms with van der Waals surface area (Å²) in [4.78, 5) is 9.34. The van der Waals surface area contributed by atoms with Gasteiger partial charge in [0.1, 0.15) is 0 Å². The fraction of sp³-hybridized carbons (Fsp3) is 0.0667. The molecule has 0 unspecified atom stereocenters. The minimum absolute atomic E-state index is 0.652. The molecular formula is C15H8F3N3S. The van der Waals surface area contributed by atoms with Gasteiger partial charge in [-0.3, -0.25) is 9.38 Å². The summed E-state index contributed by atoms with van der Waals surface area (Å²) in [6.07, 6.45) is 0.978. The largest absolute Gasteiger partial charge is 0.416 e. The zero-order valence-corrected chi connectivity index (χ0v) is 11.8. The van der Waals surface area contributed by atoms with Crippen LogP contribution in [0.3, 0.4) is 0 Å². The monoisotopic (exact) mass is 319 g/mol. The number of hydrogen-bond donors (Lipinski definition) is 0. The smallest absolute Gasteiger partial charge is 0.290 e. The lowest BCUT2D eigenvalue weighted by atomic mass is 10.1. The first-order chi connectivity index (χ1) is 10.5. The first-order valence-corrected chi connectivity index (χ1v) is 7.23. The van der Waals surface area contributed by atoms with Crippen LogP contribution in [0.25, 0.3) is 26.4 Å². The van der Waals surface area contributed by atoms with Gasteiger partial charge in [-0.1, -0.05) is 23.5 Å². The first kappa shape index (κ1) is 13.3. The summed E-state index contributed by atoms with van der Waals surface area (Å²) in [7, 11) is 0. The second-order valence-corrected chi connectivity index (χ2v) is 5.81. The van der Waals surface area contributed by atoms with Gasteiger partial charge >= 0.3 is 6.18 Å². The van der Waals surface area contributed by atoms with Crippen molar-refractivity contribution in [3.63, 3.8) is 0 Å². The van der Waals surface area contributed by atoms with Crippen LogP contribution in [-0.4, -0.2) is 14.4 Å². The van der Waals surface area contributed by atoms with Crippen LogP contribution in [0.4, 0.5) is 13.2 Å². The van der Waals surface area contributed by atoms with Crippen LogP contribution in [-0.2, 0) is 6.18 Å². The van der Waals surface area contributed by atoms with Gasteiger partial charge in [-0.15, -0.1) is 0 Å². The number of pyridine rings is 1. The molecule has 0 aliphatic carbocycles. The summed E-state index contributed by atoms with van der Waals surface area (Å²) in [5.41, 5.74) is 1.64. The second-order valence-electron chi connectivity index (χ2n) is 4.80. The number of benzene rings is 1. The number of fused-ring (bicyclic) bond motifs is 3. The van der Waals surface area contributed by atoms with E-state index in [0.29, 0.717) is 11.3 Å². The van der Waals surface area contributed by atoms with Gasteiger partial charge in [0.2, 0.25) is 0 Å². The molecule has 0 spiro atoms. The number of alkyl halides is 3. The van der Waals surface area contributed by atoms with E-state index in [1.807, 2.05) is 16.7 Å². The number of rotatable bonds is 1. The van der Waals surface area contributed by atoms with Gasteiger partial charge in [0.25, 0.3) is 0 Å². The molecule has 0 atom stereocenters. The zero-order valence-electron chi connectivity index (χ0n) is 11.0. The Balaban J connectivity index is 1.81. The van der Waals surface area contributed by atoms with Crippen molar-refractivity contribution in [2.24, 2.45) is 0 Å². The van der Waals surface area contributed by atoms with Gasteiger partial charge in [-0.05, 0) is 18.2 Å². The fourth-order valence-corrected chi connectivity index (χ4v) is 3.30. The Bertz CT molecular complexity index is 967. The lowest BCUT2D eigenvalue weighted by molar-refractivity contribution is -0.137.